The molecule has 3 aliphatic rings. The number of aliphatic hydroxyl groups is 1. The molecule has 0 amide bonds. The van der Waals surface area contributed by atoms with Crippen LogP contribution in [0.1, 0.15) is 78.8 Å². The van der Waals surface area contributed by atoms with Crippen molar-refractivity contribution in [1.82, 2.24) is 0 Å². The highest BCUT2D eigenvalue weighted by Crippen LogP contribution is 2.54. The van der Waals surface area contributed by atoms with Gasteiger partial charge in [-0.3, -0.25) is 14.7 Å². The predicted octanol–water partition coefficient (Wildman–Crippen LogP) is 6.41. The number of fused-ring (bicyclic) bond motifs is 2. The second-order valence-corrected chi connectivity index (χ2v) is 10.1. The third-order valence-corrected chi connectivity index (χ3v) is 8.32. The van der Waals surface area contributed by atoms with E-state index < -0.39 is 0 Å². The number of halogens is 1. The molecule has 5 rings (SSSR count). The molecule has 2 aliphatic carbocycles. The summed E-state index contributed by atoms with van der Waals surface area (Å²) in [5.41, 5.74) is 5.06. The molecule has 2 unspecified atom stereocenters. The molecule has 1 aliphatic heterocycles. The fourth-order valence-corrected chi connectivity index (χ4v) is 6.64. The standard InChI is InChI=1S/C27H31ClN2O2/c1-29-26-27(12-3-2-4-13-27)22-15-20(19-9-8-18(14-19)16-31)10-11-25(22)30(26)24-7-5-6-23(28)21(24)17-32/h5-7,10-11,15,17-19,31H,2-4,8-9,12-14,16H2,1H3. The van der Waals surface area contributed by atoms with E-state index in [4.69, 9.17) is 16.6 Å². The van der Waals surface area contributed by atoms with Crippen molar-refractivity contribution in [2.75, 3.05) is 18.6 Å². The number of carbonyl (C=O) groups excluding carboxylic acids is 1. The lowest BCUT2D eigenvalue weighted by Gasteiger charge is -2.36. The number of hydrogen-bond acceptors (Lipinski definition) is 3. The van der Waals surface area contributed by atoms with Gasteiger partial charge in [0.05, 0.1) is 27.4 Å². The normalized spacial score (nSPS) is 25.5. The van der Waals surface area contributed by atoms with Gasteiger partial charge in [-0.1, -0.05) is 49.1 Å². The maximum atomic E-state index is 12.0. The summed E-state index contributed by atoms with van der Waals surface area (Å²) in [7, 11) is 1.87. The molecule has 32 heavy (non-hydrogen) atoms. The molecular weight excluding hydrogens is 420 g/mol. The minimum absolute atomic E-state index is 0.115. The first-order chi connectivity index (χ1) is 15.6. The van der Waals surface area contributed by atoms with Crippen LogP contribution in [0.2, 0.25) is 5.02 Å². The van der Waals surface area contributed by atoms with Gasteiger partial charge in [0.15, 0.2) is 6.29 Å². The Morgan fingerprint density at radius 1 is 1.16 bits per heavy atom. The molecule has 5 heteroatoms. The monoisotopic (exact) mass is 450 g/mol. The van der Waals surface area contributed by atoms with Crippen molar-refractivity contribution in [2.45, 2.75) is 62.7 Å². The highest BCUT2D eigenvalue weighted by Gasteiger charge is 2.50. The van der Waals surface area contributed by atoms with E-state index in [1.165, 1.54) is 30.4 Å². The zero-order valence-electron chi connectivity index (χ0n) is 18.7. The third kappa shape index (κ3) is 3.31. The van der Waals surface area contributed by atoms with Gasteiger partial charge in [0, 0.05) is 13.7 Å². The van der Waals surface area contributed by atoms with Crippen LogP contribution in [0.5, 0.6) is 0 Å². The topological polar surface area (TPSA) is 52.9 Å². The molecular formula is C27H31ClN2O2. The van der Waals surface area contributed by atoms with Gasteiger partial charge in [-0.2, -0.15) is 0 Å². The minimum Gasteiger partial charge on any atom is -0.396 e. The maximum Gasteiger partial charge on any atom is 0.153 e. The van der Waals surface area contributed by atoms with Crippen molar-refractivity contribution >= 4 is 35.1 Å². The van der Waals surface area contributed by atoms with Gasteiger partial charge in [0.1, 0.15) is 5.84 Å². The van der Waals surface area contributed by atoms with Crippen molar-refractivity contribution < 1.29 is 9.90 Å². The van der Waals surface area contributed by atoms with Crippen LogP contribution in [-0.4, -0.2) is 30.9 Å². The molecule has 2 fully saturated rings. The van der Waals surface area contributed by atoms with E-state index in [-0.39, 0.29) is 12.0 Å². The number of amidine groups is 1. The molecule has 0 aromatic heterocycles. The van der Waals surface area contributed by atoms with E-state index in [9.17, 15) is 9.90 Å². The number of rotatable bonds is 4. The molecule has 4 nitrogen and oxygen atoms in total. The van der Waals surface area contributed by atoms with Crippen LogP contribution in [0.3, 0.4) is 0 Å². The number of aliphatic hydroxyl groups excluding tert-OH is 1. The molecule has 1 spiro atoms. The first-order valence-electron chi connectivity index (χ1n) is 11.9. The quantitative estimate of drug-likeness (QED) is 0.547. The van der Waals surface area contributed by atoms with E-state index in [1.54, 1.807) is 6.07 Å². The highest BCUT2D eigenvalue weighted by molar-refractivity contribution is 6.34. The second kappa shape index (κ2) is 8.64. The number of carbonyl (C=O) groups is 1. The molecule has 0 radical (unpaired) electrons. The Morgan fingerprint density at radius 2 is 1.97 bits per heavy atom. The van der Waals surface area contributed by atoms with E-state index >= 15 is 0 Å². The molecule has 2 aromatic rings. The Balaban J connectivity index is 1.67. The molecule has 2 aromatic carbocycles. The Labute approximate surface area is 195 Å². The Morgan fingerprint density at radius 3 is 2.66 bits per heavy atom. The summed E-state index contributed by atoms with van der Waals surface area (Å²) in [5.74, 6) is 1.96. The lowest BCUT2D eigenvalue weighted by atomic mass is 9.69. The lowest BCUT2D eigenvalue weighted by Crippen LogP contribution is -2.40. The van der Waals surface area contributed by atoms with Crippen molar-refractivity contribution in [1.29, 1.82) is 0 Å². The first-order valence-corrected chi connectivity index (χ1v) is 12.3. The van der Waals surface area contributed by atoms with Crippen molar-refractivity contribution in [3.63, 3.8) is 0 Å². The largest absolute Gasteiger partial charge is 0.396 e. The summed E-state index contributed by atoms with van der Waals surface area (Å²) in [4.78, 5) is 19.0. The van der Waals surface area contributed by atoms with Crippen LogP contribution < -0.4 is 4.90 Å². The zero-order valence-corrected chi connectivity index (χ0v) is 19.4. The average Bonchev–Trinajstić information content (AvgIpc) is 3.40. The lowest BCUT2D eigenvalue weighted by molar-refractivity contribution is 0.112. The Kier molecular flexibility index (Phi) is 5.85. The summed E-state index contributed by atoms with van der Waals surface area (Å²) in [5, 5.41) is 10.1. The van der Waals surface area contributed by atoms with Crippen LogP contribution in [0.4, 0.5) is 11.4 Å². The highest BCUT2D eigenvalue weighted by atomic mass is 35.5. The van der Waals surface area contributed by atoms with Gasteiger partial charge in [-0.15, -0.1) is 0 Å². The van der Waals surface area contributed by atoms with Crippen LogP contribution in [-0.2, 0) is 5.41 Å². The van der Waals surface area contributed by atoms with Gasteiger partial charge in [-0.25, -0.2) is 0 Å². The van der Waals surface area contributed by atoms with Gasteiger partial charge in [0.2, 0.25) is 0 Å². The molecule has 1 N–H and O–H groups in total. The van der Waals surface area contributed by atoms with Gasteiger partial charge in [0.25, 0.3) is 0 Å². The van der Waals surface area contributed by atoms with Crippen LogP contribution in [0.15, 0.2) is 41.4 Å². The number of aldehydes is 1. The summed E-state index contributed by atoms with van der Waals surface area (Å²) in [6.45, 7) is 0.287. The van der Waals surface area contributed by atoms with Crippen LogP contribution in [0, 0.1) is 5.92 Å². The smallest absolute Gasteiger partial charge is 0.153 e. The Bertz CT molecular complexity index is 1060. The van der Waals surface area contributed by atoms with E-state index in [1.807, 2.05) is 19.2 Å². The maximum absolute atomic E-state index is 12.0. The summed E-state index contributed by atoms with van der Waals surface area (Å²) in [6.07, 6.45) is 9.93. The molecule has 2 atom stereocenters. The molecule has 0 saturated heterocycles. The number of anilines is 2. The van der Waals surface area contributed by atoms with Crippen molar-refractivity contribution in [2.24, 2.45) is 10.9 Å². The minimum atomic E-state index is -0.115. The van der Waals surface area contributed by atoms with E-state index in [0.29, 0.717) is 22.4 Å². The van der Waals surface area contributed by atoms with Crippen LogP contribution in [0.25, 0.3) is 0 Å². The number of nitrogens with zero attached hydrogens (tertiary/aromatic N) is 2. The molecule has 168 valence electrons. The number of benzene rings is 2. The Hall–Kier alpha value is -2.17. The van der Waals surface area contributed by atoms with E-state index in [2.05, 4.69) is 23.1 Å². The van der Waals surface area contributed by atoms with Crippen molar-refractivity contribution in [3.05, 3.63) is 58.1 Å². The van der Waals surface area contributed by atoms with Gasteiger partial charge < -0.3 is 5.11 Å². The zero-order chi connectivity index (χ0) is 22.3. The van der Waals surface area contributed by atoms with Crippen LogP contribution >= 0.6 is 11.6 Å². The summed E-state index contributed by atoms with van der Waals surface area (Å²) >= 11 is 6.42. The fourth-order valence-electron chi connectivity index (χ4n) is 6.42. The third-order valence-electron chi connectivity index (χ3n) is 8.00. The van der Waals surface area contributed by atoms with E-state index in [0.717, 1.165) is 55.6 Å². The summed E-state index contributed by atoms with van der Waals surface area (Å²) in [6, 6.07) is 12.5. The summed E-state index contributed by atoms with van der Waals surface area (Å²) < 4.78 is 0. The number of aliphatic imine (C=N–C) groups is 1. The molecule has 0 bridgehead atoms. The predicted molar refractivity (Wildman–Crippen MR) is 131 cm³/mol. The van der Waals surface area contributed by atoms with Crippen molar-refractivity contribution in [3.8, 4) is 0 Å². The van der Waals surface area contributed by atoms with Gasteiger partial charge in [-0.05, 0) is 73.3 Å². The number of hydrogen-bond donors (Lipinski definition) is 1. The molecule has 2 saturated carbocycles. The van der Waals surface area contributed by atoms with Gasteiger partial charge >= 0.3 is 0 Å². The molecule has 1 heterocycles. The SMILES string of the molecule is CN=C1N(c2cccc(Cl)c2C=O)c2ccc(C3CCC(CO)C3)cc2C12CCCCC2. The first kappa shape index (κ1) is 21.7. The average molecular weight is 451 g/mol. The fraction of sp³-hybridized carbons (Fsp3) is 0.481. The second-order valence-electron chi connectivity index (χ2n) is 9.65.